The fourth-order valence-corrected chi connectivity index (χ4v) is 2.22. The highest BCUT2D eigenvalue weighted by molar-refractivity contribution is 5.94. The molecular weight excluding hydrogens is 255 g/mol. The Morgan fingerprint density at radius 1 is 1.26 bits per heavy atom. The Morgan fingerprint density at radius 2 is 2.05 bits per heavy atom. The first kappa shape index (κ1) is 12.0. The van der Waals surface area contributed by atoms with Crippen LogP contribution in [0.2, 0.25) is 0 Å². The molecule has 1 aliphatic rings. The number of aromatic amines is 1. The van der Waals surface area contributed by atoms with Gasteiger partial charge in [0.25, 0.3) is 0 Å². The average molecular weight is 265 g/mol. The first-order chi connectivity index (χ1) is 8.97. The average Bonchev–Trinajstić information content (AvgIpc) is 2.94. The minimum atomic E-state index is -4.36. The fraction of sp³-hybridized carbons (Fsp3) is 0.231. The Hall–Kier alpha value is -2.11. The number of hydrogen-bond donors (Lipinski definition) is 1. The van der Waals surface area contributed by atoms with E-state index in [-0.39, 0.29) is 6.54 Å². The van der Waals surface area contributed by atoms with Crippen LogP contribution >= 0.6 is 0 Å². The molecule has 1 N–H and O–H groups in total. The molecule has 2 aromatic rings. The summed E-state index contributed by atoms with van der Waals surface area (Å²) >= 11 is 0. The molecule has 3 nitrogen and oxygen atoms in total. The number of aromatic nitrogens is 2. The third-order valence-electron chi connectivity index (χ3n) is 3.16. The maximum atomic E-state index is 12.9. The minimum Gasteiger partial charge on any atom is -0.348 e. The van der Waals surface area contributed by atoms with Crippen molar-refractivity contribution in [2.24, 2.45) is 4.99 Å². The molecule has 0 radical (unpaired) electrons. The van der Waals surface area contributed by atoms with Crippen molar-refractivity contribution in [2.75, 3.05) is 0 Å². The molecule has 1 aliphatic heterocycles. The lowest BCUT2D eigenvalue weighted by Crippen LogP contribution is -2.07. The Labute approximate surface area is 107 Å². The molecule has 0 atom stereocenters. The van der Waals surface area contributed by atoms with Crippen molar-refractivity contribution in [3.05, 3.63) is 40.8 Å². The number of benzene rings is 1. The maximum Gasteiger partial charge on any atom is 0.416 e. The number of imidazole rings is 1. The minimum absolute atomic E-state index is 0.287. The lowest BCUT2D eigenvalue weighted by Gasteiger charge is -2.12. The molecule has 1 aromatic carbocycles. The summed E-state index contributed by atoms with van der Waals surface area (Å²) in [4.78, 5) is 11.0. The van der Waals surface area contributed by atoms with Crippen LogP contribution in [0.1, 0.15) is 22.4 Å². The number of halogens is 3. The highest BCUT2D eigenvalue weighted by Gasteiger charge is 2.33. The highest BCUT2D eigenvalue weighted by Crippen LogP contribution is 2.37. The molecule has 19 heavy (non-hydrogen) atoms. The summed E-state index contributed by atoms with van der Waals surface area (Å²) in [7, 11) is 0. The number of hydrogen-bond acceptors (Lipinski definition) is 2. The van der Waals surface area contributed by atoms with Crippen molar-refractivity contribution in [3.8, 4) is 11.3 Å². The molecule has 0 aliphatic carbocycles. The van der Waals surface area contributed by atoms with Gasteiger partial charge in [0, 0.05) is 23.0 Å². The molecule has 6 heteroatoms. The van der Waals surface area contributed by atoms with E-state index in [1.165, 1.54) is 6.33 Å². The third-order valence-corrected chi connectivity index (χ3v) is 3.16. The number of rotatable bonds is 1. The van der Waals surface area contributed by atoms with Gasteiger partial charge in [-0.3, -0.25) is 4.99 Å². The van der Waals surface area contributed by atoms with Gasteiger partial charge in [-0.25, -0.2) is 4.98 Å². The van der Waals surface area contributed by atoms with E-state index >= 15 is 0 Å². The van der Waals surface area contributed by atoms with Crippen molar-refractivity contribution in [3.63, 3.8) is 0 Å². The van der Waals surface area contributed by atoms with Crippen LogP contribution < -0.4 is 0 Å². The van der Waals surface area contributed by atoms with Gasteiger partial charge in [-0.2, -0.15) is 13.2 Å². The van der Waals surface area contributed by atoms with E-state index in [1.807, 2.05) is 0 Å². The van der Waals surface area contributed by atoms with Crippen LogP contribution in [0.3, 0.4) is 0 Å². The molecule has 0 saturated heterocycles. The monoisotopic (exact) mass is 265 g/mol. The van der Waals surface area contributed by atoms with Crippen LogP contribution in [0.5, 0.6) is 0 Å². The topological polar surface area (TPSA) is 41.0 Å². The van der Waals surface area contributed by atoms with Gasteiger partial charge in [-0.15, -0.1) is 0 Å². The molecule has 0 spiro atoms. The number of alkyl halides is 3. The smallest absolute Gasteiger partial charge is 0.348 e. The normalized spacial score (nSPS) is 13.9. The lowest BCUT2D eigenvalue weighted by molar-refractivity contribution is -0.137. The summed E-state index contributed by atoms with van der Waals surface area (Å²) in [6, 6.07) is 2.30. The molecule has 3 rings (SSSR count). The van der Waals surface area contributed by atoms with E-state index in [2.05, 4.69) is 15.0 Å². The first-order valence-electron chi connectivity index (χ1n) is 5.71. The Balaban J connectivity index is 2.26. The first-order valence-corrected chi connectivity index (χ1v) is 5.71. The van der Waals surface area contributed by atoms with Crippen LogP contribution in [0.4, 0.5) is 13.2 Å². The van der Waals surface area contributed by atoms with E-state index < -0.39 is 11.7 Å². The third kappa shape index (κ3) is 1.93. The number of aryl methyl sites for hydroxylation is 1. The molecule has 1 aromatic heterocycles. The van der Waals surface area contributed by atoms with Gasteiger partial charge >= 0.3 is 6.18 Å². The van der Waals surface area contributed by atoms with Gasteiger partial charge in [0.05, 0.1) is 24.1 Å². The zero-order valence-electron chi connectivity index (χ0n) is 10.0. The van der Waals surface area contributed by atoms with Crippen molar-refractivity contribution < 1.29 is 13.2 Å². The maximum absolute atomic E-state index is 12.9. The molecule has 2 heterocycles. The zero-order chi connectivity index (χ0) is 13.6. The fourth-order valence-electron chi connectivity index (χ4n) is 2.22. The number of nitrogens with zero attached hydrogens (tertiary/aromatic N) is 2. The summed E-state index contributed by atoms with van der Waals surface area (Å²) in [5.74, 6) is 0. The van der Waals surface area contributed by atoms with Crippen molar-refractivity contribution >= 4 is 6.21 Å². The van der Waals surface area contributed by atoms with Crippen molar-refractivity contribution in [2.45, 2.75) is 19.6 Å². The SMILES string of the molecule is Cc1[nH]cnc1-c1cc(C(F)(F)F)cc2c1C=NC2. The predicted molar refractivity (Wildman–Crippen MR) is 65.1 cm³/mol. The van der Waals surface area contributed by atoms with Gasteiger partial charge in [-0.05, 0) is 24.6 Å². The lowest BCUT2D eigenvalue weighted by atomic mass is 9.96. The van der Waals surface area contributed by atoms with Crippen molar-refractivity contribution in [1.29, 1.82) is 0 Å². The van der Waals surface area contributed by atoms with E-state index in [9.17, 15) is 13.2 Å². The quantitative estimate of drug-likeness (QED) is 0.844. The van der Waals surface area contributed by atoms with Gasteiger partial charge in [0.1, 0.15) is 0 Å². The van der Waals surface area contributed by atoms with Gasteiger partial charge in [0.15, 0.2) is 0 Å². The number of aliphatic imine (C=N–C) groups is 1. The van der Waals surface area contributed by atoms with E-state index in [4.69, 9.17) is 0 Å². The second kappa shape index (κ2) is 3.94. The molecule has 0 amide bonds. The van der Waals surface area contributed by atoms with Gasteiger partial charge in [-0.1, -0.05) is 0 Å². The van der Waals surface area contributed by atoms with Crippen LogP contribution in [0.15, 0.2) is 23.5 Å². The highest BCUT2D eigenvalue weighted by atomic mass is 19.4. The van der Waals surface area contributed by atoms with Crippen molar-refractivity contribution in [1.82, 2.24) is 9.97 Å². The summed E-state index contributed by atoms with van der Waals surface area (Å²) in [5.41, 5.74) is 2.41. The summed E-state index contributed by atoms with van der Waals surface area (Å²) in [6.07, 6.45) is -1.28. The summed E-state index contributed by atoms with van der Waals surface area (Å²) in [5, 5.41) is 0. The molecular formula is C13H10F3N3. The zero-order valence-corrected chi connectivity index (χ0v) is 10.0. The van der Waals surface area contributed by atoms with Crippen LogP contribution in [0, 0.1) is 6.92 Å². The van der Waals surface area contributed by atoms with E-state index in [1.54, 1.807) is 13.1 Å². The standard InChI is InChI=1S/C13H10F3N3/c1-7-12(19-6-18-7)10-3-9(13(14,15)16)2-8-4-17-5-11(8)10/h2-3,5-6H,4H2,1H3,(H,18,19). The van der Waals surface area contributed by atoms with Crippen LogP contribution in [-0.4, -0.2) is 16.2 Å². The van der Waals surface area contributed by atoms with E-state index in [0.717, 1.165) is 23.4 Å². The largest absolute Gasteiger partial charge is 0.416 e. The Kier molecular flexibility index (Phi) is 2.48. The van der Waals surface area contributed by atoms with Gasteiger partial charge in [0.2, 0.25) is 0 Å². The molecule has 0 unspecified atom stereocenters. The second-order valence-corrected chi connectivity index (χ2v) is 4.44. The predicted octanol–water partition coefficient (Wildman–Crippen LogP) is 3.34. The molecule has 0 saturated carbocycles. The van der Waals surface area contributed by atoms with Gasteiger partial charge < -0.3 is 4.98 Å². The summed E-state index contributed by atoms with van der Waals surface area (Å²) < 4.78 is 38.7. The number of H-pyrrole nitrogens is 1. The molecule has 98 valence electrons. The van der Waals surface area contributed by atoms with Crippen LogP contribution in [-0.2, 0) is 12.7 Å². The summed E-state index contributed by atoms with van der Waals surface area (Å²) in [6.45, 7) is 2.07. The second-order valence-electron chi connectivity index (χ2n) is 4.44. The number of fused-ring (bicyclic) bond motifs is 1. The Bertz CT molecular complexity index is 668. The number of nitrogens with one attached hydrogen (secondary N) is 1. The van der Waals surface area contributed by atoms with E-state index in [0.29, 0.717) is 16.8 Å². The molecule has 0 fully saturated rings. The molecule has 0 bridgehead atoms. The Morgan fingerprint density at radius 3 is 2.68 bits per heavy atom. The van der Waals surface area contributed by atoms with Crippen LogP contribution in [0.25, 0.3) is 11.3 Å².